The molecule has 0 bridgehead atoms. The standard InChI is InChI=1S/C14H15FN2O4S/c1-9(21-8-10-5-6-10)14(18)17-22(19,20)13-4-2-3-12(15)11(13)7-16/h2-4,9-10H,5-6,8H2,1H3,(H,17,18)/t9-/m1/s1. The molecule has 0 aromatic heterocycles. The van der Waals surface area contributed by atoms with Crippen LogP contribution >= 0.6 is 0 Å². The zero-order chi connectivity index (χ0) is 16.3. The van der Waals surface area contributed by atoms with Crippen molar-refractivity contribution in [3.05, 3.63) is 29.6 Å². The van der Waals surface area contributed by atoms with Gasteiger partial charge in [0.1, 0.15) is 28.4 Å². The van der Waals surface area contributed by atoms with E-state index in [2.05, 4.69) is 0 Å². The number of nitrogens with zero attached hydrogens (tertiary/aromatic N) is 1. The Morgan fingerprint density at radius 3 is 2.82 bits per heavy atom. The third-order valence-corrected chi connectivity index (χ3v) is 4.65. The van der Waals surface area contributed by atoms with E-state index < -0.39 is 38.3 Å². The van der Waals surface area contributed by atoms with E-state index in [1.165, 1.54) is 13.0 Å². The first kappa shape index (κ1) is 16.4. The molecule has 1 atom stereocenters. The Kier molecular flexibility index (Phi) is 4.78. The van der Waals surface area contributed by atoms with Gasteiger partial charge in [-0.2, -0.15) is 5.26 Å². The number of carbonyl (C=O) groups excluding carboxylic acids is 1. The molecule has 2 rings (SSSR count). The van der Waals surface area contributed by atoms with Gasteiger partial charge in [-0.3, -0.25) is 4.79 Å². The van der Waals surface area contributed by atoms with Crippen molar-refractivity contribution in [2.45, 2.75) is 30.8 Å². The van der Waals surface area contributed by atoms with Gasteiger partial charge in [-0.05, 0) is 37.8 Å². The van der Waals surface area contributed by atoms with E-state index in [0.717, 1.165) is 31.0 Å². The van der Waals surface area contributed by atoms with Gasteiger partial charge < -0.3 is 4.74 Å². The molecule has 0 aliphatic heterocycles. The van der Waals surface area contributed by atoms with E-state index in [4.69, 9.17) is 10.00 Å². The normalized spacial score (nSPS) is 15.9. The topological polar surface area (TPSA) is 96.3 Å². The molecule has 0 spiro atoms. The van der Waals surface area contributed by atoms with Crippen LogP contribution in [0.2, 0.25) is 0 Å². The maximum absolute atomic E-state index is 13.5. The first-order chi connectivity index (χ1) is 10.3. The van der Waals surface area contributed by atoms with Crippen molar-refractivity contribution in [1.29, 1.82) is 5.26 Å². The smallest absolute Gasteiger partial charge is 0.265 e. The number of sulfonamides is 1. The zero-order valence-electron chi connectivity index (χ0n) is 11.9. The molecule has 6 nitrogen and oxygen atoms in total. The summed E-state index contributed by atoms with van der Waals surface area (Å²) in [7, 11) is -4.33. The van der Waals surface area contributed by atoms with Crippen molar-refractivity contribution >= 4 is 15.9 Å². The second-order valence-electron chi connectivity index (χ2n) is 5.11. The predicted molar refractivity (Wildman–Crippen MR) is 74.6 cm³/mol. The highest BCUT2D eigenvalue weighted by Gasteiger charge is 2.28. The van der Waals surface area contributed by atoms with E-state index >= 15 is 0 Å². The third-order valence-electron chi connectivity index (χ3n) is 3.26. The maximum atomic E-state index is 13.5. The molecule has 1 aliphatic carbocycles. The van der Waals surface area contributed by atoms with Crippen molar-refractivity contribution in [1.82, 2.24) is 4.72 Å². The molecule has 1 saturated carbocycles. The first-order valence-electron chi connectivity index (χ1n) is 6.72. The summed E-state index contributed by atoms with van der Waals surface area (Å²) in [6.07, 6.45) is 1.14. The summed E-state index contributed by atoms with van der Waals surface area (Å²) in [6.45, 7) is 1.84. The molecule has 1 aliphatic rings. The fourth-order valence-electron chi connectivity index (χ4n) is 1.75. The summed E-state index contributed by atoms with van der Waals surface area (Å²) in [6, 6.07) is 4.67. The maximum Gasteiger partial charge on any atom is 0.265 e. The number of halogens is 1. The predicted octanol–water partition coefficient (Wildman–Crippen LogP) is 1.32. The third kappa shape index (κ3) is 3.81. The van der Waals surface area contributed by atoms with Crippen LogP contribution in [0, 0.1) is 23.1 Å². The number of rotatable bonds is 6. The number of nitriles is 1. The van der Waals surface area contributed by atoms with Crippen LogP contribution in [-0.2, 0) is 19.6 Å². The molecule has 8 heteroatoms. The van der Waals surface area contributed by atoms with Gasteiger partial charge in [0.25, 0.3) is 15.9 Å². The van der Waals surface area contributed by atoms with Crippen LogP contribution in [-0.4, -0.2) is 27.0 Å². The second-order valence-corrected chi connectivity index (χ2v) is 6.76. The minimum Gasteiger partial charge on any atom is -0.368 e. The summed E-state index contributed by atoms with van der Waals surface area (Å²) in [5.41, 5.74) is -0.630. The van der Waals surface area contributed by atoms with Gasteiger partial charge in [0, 0.05) is 0 Å². The molecule has 1 fully saturated rings. The van der Waals surface area contributed by atoms with Crippen molar-refractivity contribution in [2.24, 2.45) is 5.92 Å². The Balaban J connectivity index is 2.12. The number of benzene rings is 1. The molecule has 1 aromatic rings. The molecule has 118 valence electrons. The highest BCUT2D eigenvalue weighted by atomic mass is 32.2. The van der Waals surface area contributed by atoms with Crippen LogP contribution in [0.1, 0.15) is 25.3 Å². The highest BCUT2D eigenvalue weighted by Crippen LogP contribution is 2.29. The van der Waals surface area contributed by atoms with Crippen molar-refractivity contribution in [2.75, 3.05) is 6.61 Å². The number of ether oxygens (including phenoxy) is 1. The largest absolute Gasteiger partial charge is 0.368 e. The molecule has 0 unspecified atom stereocenters. The van der Waals surface area contributed by atoms with Crippen LogP contribution in [0.25, 0.3) is 0 Å². The molecular weight excluding hydrogens is 311 g/mol. The SMILES string of the molecule is C[C@@H](OCC1CC1)C(=O)NS(=O)(=O)c1cccc(F)c1C#N. The van der Waals surface area contributed by atoms with Gasteiger partial charge in [0.2, 0.25) is 0 Å². The summed E-state index contributed by atoms with van der Waals surface area (Å²) in [5.74, 6) is -1.38. The fraction of sp³-hybridized carbons (Fsp3) is 0.429. The number of hydrogen-bond acceptors (Lipinski definition) is 5. The summed E-state index contributed by atoms with van der Waals surface area (Å²) in [4.78, 5) is 11.3. The minimum absolute atomic E-state index is 0.401. The average Bonchev–Trinajstić information content (AvgIpc) is 3.28. The lowest BCUT2D eigenvalue weighted by atomic mass is 10.2. The van der Waals surface area contributed by atoms with Crippen LogP contribution in [0.3, 0.4) is 0 Å². The van der Waals surface area contributed by atoms with Crippen LogP contribution in [0.15, 0.2) is 23.1 Å². The molecular formula is C14H15FN2O4S. The van der Waals surface area contributed by atoms with Crippen molar-refractivity contribution < 1.29 is 22.3 Å². The van der Waals surface area contributed by atoms with E-state index in [0.29, 0.717) is 12.5 Å². The van der Waals surface area contributed by atoms with Crippen LogP contribution in [0.5, 0.6) is 0 Å². The lowest BCUT2D eigenvalue weighted by Gasteiger charge is -2.14. The number of amides is 1. The Morgan fingerprint density at radius 2 is 2.23 bits per heavy atom. The monoisotopic (exact) mass is 326 g/mol. The van der Waals surface area contributed by atoms with Crippen LogP contribution in [0.4, 0.5) is 4.39 Å². The molecule has 1 N–H and O–H groups in total. The molecule has 1 aromatic carbocycles. The summed E-state index contributed by atoms with van der Waals surface area (Å²) >= 11 is 0. The number of nitrogens with one attached hydrogen (secondary N) is 1. The van der Waals surface area contributed by atoms with Gasteiger partial charge >= 0.3 is 0 Å². The van der Waals surface area contributed by atoms with Gasteiger partial charge in [-0.15, -0.1) is 0 Å². The average molecular weight is 326 g/mol. The molecule has 22 heavy (non-hydrogen) atoms. The van der Waals surface area contributed by atoms with E-state index in [1.807, 2.05) is 4.72 Å². The number of carbonyl (C=O) groups is 1. The molecule has 0 radical (unpaired) electrons. The number of hydrogen-bond donors (Lipinski definition) is 1. The quantitative estimate of drug-likeness (QED) is 0.850. The van der Waals surface area contributed by atoms with Crippen molar-refractivity contribution in [3.8, 4) is 6.07 Å². The molecule has 0 heterocycles. The zero-order valence-corrected chi connectivity index (χ0v) is 12.7. The molecule has 1 amide bonds. The molecule has 0 saturated heterocycles. The van der Waals surface area contributed by atoms with Gasteiger partial charge in [-0.25, -0.2) is 17.5 Å². The lowest BCUT2D eigenvalue weighted by molar-refractivity contribution is -0.130. The van der Waals surface area contributed by atoms with E-state index in [-0.39, 0.29) is 0 Å². The minimum atomic E-state index is -4.33. The highest BCUT2D eigenvalue weighted by molar-refractivity contribution is 7.90. The first-order valence-corrected chi connectivity index (χ1v) is 8.20. The van der Waals surface area contributed by atoms with E-state index in [1.54, 1.807) is 0 Å². The summed E-state index contributed by atoms with van der Waals surface area (Å²) in [5, 5.41) is 8.87. The Labute approximate surface area is 127 Å². The second kappa shape index (κ2) is 6.42. The Bertz CT molecular complexity index is 723. The lowest BCUT2D eigenvalue weighted by Crippen LogP contribution is -2.39. The Morgan fingerprint density at radius 1 is 1.55 bits per heavy atom. The fourth-order valence-corrected chi connectivity index (χ4v) is 2.96. The van der Waals surface area contributed by atoms with Gasteiger partial charge in [-0.1, -0.05) is 6.07 Å². The van der Waals surface area contributed by atoms with Gasteiger partial charge in [0.15, 0.2) is 0 Å². The van der Waals surface area contributed by atoms with E-state index in [9.17, 15) is 17.6 Å². The Hall–Kier alpha value is -1.98. The van der Waals surface area contributed by atoms with Crippen LogP contribution < -0.4 is 4.72 Å². The summed E-state index contributed by atoms with van der Waals surface area (Å²) < 4.78 is 44.8. The van der Waals surface area contributed by atoms with Gasteiger partial charge in [0.05, 0.1) is 6.61 Å². The van der Waals surface area contributed by atoms with Crippen molar-refractivity contribution in [3.63, 3.8) is 0 Å².